The fourth-order valence-corrected chi connectivity index (χ4v) is 1.30. The second-order valence-electron chi connectivity index (χ2n) is 3.28. The van der Waals surface area contributed by atoms with Crippen molar-refractivity contribution in [2.24, 2.45) is 5.92 Å². The fraction of sp³-hybridized carbons (Fsp3) is 0.273. The highest BCUT2D eigenvalue weighted by Crippen LogP contribution is 1.98. The van der Waals surface area contributed by atoms with Gasteiger partial charge in [-0.15, -0.1) is 0 Å². The molecule has 0 aliphatic carbocycles. The van der Waals surface area contributed by atoms with E-state index in [0.717, 1.165) is 5.56 Å². The van der Waals surface area contributed by atoms with Crippen molar-refractivity contribution in [3.05, 3.63) is 41.1 Å². The zero-order valence-corrected chi connectivity index (χ0v) is 7.29. The van der Waals surface area contributed by atoms with Gasteiger partial charge < -0.3 is 10.3 Å². The van der Waals surface area contributed by atoms with Crippen LogP contribution < -0.4 is 5.06 Å². The molecule has 0 unspecified atom stereocenters. The van der Waals surface area contributed by atoms with Gasteiger partial charge in [-0.1, -0.05) is 30.0 Å². The van der Waals surface area contributed by atoms with E-state index >= 15 is 0 Å². The fourth-order valence-electron chi connectivity index (χ4n) is 1.30. The van der Waals surface area contributed by atoms with Crippen LogP contribution in [-0.4, -0.2) is 13.1 Å². The summed E-state index contributed by atoms with van der Waals surface area (Å²) in [5.41, 5.74) is 1.03. The number of hydrogen-bond acceptors (Lipinski definition) is 1. The molecule has 13 heavy (non-hydrogen) atoms. The molecule has 0 amide bonds. The first kappa shape index (κ1) is 8.31. The van der Waals surface area contributed by atoms with Crippen LogP contribution in [0.3, 0.4) is 0 Å². The first-order chi connectivity index (χ1) is 6.34. The standard InChI is InChI=1S/C11H11NO/c13-12-8-11(9-12)7-6-10-4-2-1-3-5-10/h1-5,11-12H,8-9H2. The topological polar surface area (TPSA) is 27.5 Å². The van der Waals surface area contributed by atoms with Crippen molar-refractivity contribution >= 4 is 0 Å². The highest BCUT2D eigenvalue weighted by atomic mass is 16.5. The average molecular weight is 173 g/mol. The lowest BCUT2D eigenvalue weighted by atomic mass is 10.0. The molecule has 0 radical (unpaired) electrons. The van der Waals surface area contributed by atoms with Crippen molar-refractivity contribution < 1.29 is 5.06 Å². The summed E-state index contributed by atoms with van der Waals surface area (Å²) in [6, 6.07) is 9.87. The maximum Gasteiger partial charge on any atom is 0.119 e. The van der Waals surface area contributed by atoms with Crippen LogP contribution in [-0.2, 0) is 0 Å². The van der Waals surface area contributed by atoms with Crippen LogP contribution in [0.5, 0.6) is 0 Å². The highest BCUT2D eigenvalue weighted by molar-refractivity contribution is 5.34. The third-order valence-electron chi connectivity index (χ3n) is 2.14. The molecule has 1 N–H and O–H groups in total. The van der Waals surface area contributed by atoms with Gasteiger partial charge in [-0.2, -0.15) is 0 Å². The quantitative estimate of drug-likeness (QED) is 0.435. The number of hydrogen-bond donors (Lipinski definition) is 1. The molecule has 1 fully saturated rings. The van der Waals surface area contributed by atoms with Gasteiger partial charge in [0.25, 0.3) is 0 Å². The minimum Gasteiger partial charge on any atom is -0.634 e. The third kappa shape index (κ3) is 2.09. The first-order valence-corrected chi connectivity index (χ1v) is 4.43. The largest absolute Gasteiger partial charge is 0.634 e. The predicted octanol–water partition coefficient (Wildman–Crippen LogP) is 0.0506. The number of nitrogens with one attached hydrogen (secondary N) is 1. The Labute approximate surface area is 77.8 Å². The molecule has 2 nitrogen and oxygen atoms in total. The Bertz CT molecular complexity index is 330. The van der Waals surface area contributed by atoms with Gasteiger partial charge in [-0.3, -0.25) is 0 Å². The smallest absolute Gasteiger partial charge is 0.119 e. The second-order valence-corrected chi connectivity index (χ2v) is 3.28. The lowest BCUT2D eigenvalue weighted by molar-refractivity contribution is -0.898. The van der Waals surface area contributed by atoms with E-state index in [1.54, 1.807) is 0 Å². The molecule has 2 rings (SSSR count). The maximum absolute atomic E-state index is 10.7. The van der Waals surface area contributed by atoms with Gasteiger partial charge >= 0.3 is 0 Å². The molecular weight excluding hydrogens is 162 g/mol. The third-order valence-corrected chi connectivity index (χ3v) is 2.14. The van der Waals surface area contributed by atoms with Crippen LogP contribution >= 0.6 is 0 Å². The Hall–Kier alpha value is -1.30. The average Bonchev–Trinajstić information content (AvgIpc) is 2.12. The van der Waals surface area contributed by atoms with E-state index in [0.29, 0.717) is 24.1 Å². The highest BCUT2D eigenvalue weighted by Gasteiger charge is 2.22. The van der Waals surface area contributed by atoms with Crippen LogP contribution in [0, 0.1) is 23.0 Å². The van der Waals surface area contributed by atoms with Crippen molar-refractivity contribution in [1.29, 1.82) is 0 Å². The summed E-state index contributed by atoms with van der Waals surface area (Å²) in [7, 11) is 0. The molecule has 2 heteroatoms. The van der Waals surface area contributed by atoms with Crippen LogP contribution in [0.1, 0.15) is 5.56 Å². The Balaban J connectivity index is 1.98. The number of hydroxylamine groups is 2. The molecule has 1 saturated heterocycles. The summed E-state index contributed by atoms with van der Waals surface area (Å²) in [5.74, 6) is 6.47. The van der Waals surface area contributed by atoms with Crippen LogP contribution in [0.15, 0.2) is 30.3 Å². The zero-order valence-electron chi connectivity index (χ0n) is 7.29. The van der Waals surface area contributed by atoms with Crippen molar-refractivity contribution in [1.82, 2.24) is 0 Å². The molecule has 1 aromatic rings. The predicted molar refractivity (Wildman–Crippen MR) is 50.9 cm³/mol. The minimum absolute atomic E-state index is 0.313. The summed E-state index contributed by atoms with van der Waals surface area (Å²) in [6.07, 6.45) is 0. The van der Waals surface area contributed by atoms with Crippen molar-refractivity contribution in [2.45, 2.75) is 0 Å². The van der Waals surface area contributed by atoms with Crippen LogP contribution in [0.4, 0.5) is 0 Å². The lowest BCUT2D eigenvalue weighted by Gasteiger charge is -2.35. The van der Waals surface area contributed by atoms with E-state index in [-0.39, 0.29) is 0 Å². The van der Waals surface area contributed by atoms with Gasteiger partial charge in [-0.25, -0.2) is 0 Å². The first-order valence-electron chi connectivity index (χ1n) is 4.43. The minimum atomic E-state index is 0.313. The molecule has 0 atom stereocenters. The molecule has 1 aliphatic heterocycles. The van der Waals surface area contributed by atoms with Gasteiger partial charge in [0.2, 0.25) is 0 Å². The molecule has 1 heterocycles. The summed E-state index contributed by atoms with van der Waals surface area (Å²) < 4.78 is 0. The molecule has 1 aliphatic rings. The van der Waals surface area contributed by atoms with E-state index in [1.165, 1.54) is 0 Å². The number of rotatable bonds is 0. The molecular formula is C11H11NO. The van der Waals surface area contributed by atoms with Crippen molar-refractivity contribution in [3.63, 3.8) is 0 Å². The molecule has 0 aromatic heterocycles. The normalized spacial score (nSPS) is 25.6. The van der Waals surface area contributed by atoms with Gasteiger partial charge in [0.1, 0.15) is 5.92 Å². The zero-order chi connectivity index (χ0) is 9.10. The Kier molecular flexibility index (Phi) is 2.31. The van der Waals surface area contributed by atoms with Gasteiger partial charge in [-0.05, 0) is 12.1 Å². The van der Waals surface area contributed by atoms with Crippen LogP contribution in [0.25, 0.3) is 0 Å². The van der Waals surface area contributed by atoms with E-state index in [2.05, 4.69) is 11.8 Å². The molecule has 66 valence electrons. The number of quaternary nitrogens is 1. The SMILES string of the molecule is [O-][NH+]1CC(C#Cc2ccccc2)C1. The summed E-state index contributed by atoms with van der Waals surface area (Å²) in [5, 5.41) is 11.0. The van der Waals surface area contributed by atoms with E-state index in [1.807, 2.05) is 30.3 Å². The molecule has 0 spiro atoms. The van der Waals surface area contributed by atoms with Crippen molar-refractivity contribution in [3.8, 4) is 11.8 Å². The van der Waals surface area contributed by atoms with E-state index in [9.17, 15) is 5.21 Å². The summed E-state index contributed by atoms with van der Waals surface area (Å²) in [6.45, 7) is 1.31. The van der Waals surface area contributed by atoms with Gasteiger partial charge in [0.15, 0.2) is 0 Å². The Morgan fingerprint density at radius 3 is 2.54 bits per heavy atom. The van der Waals surface area contributed by atoms with Crippen molar-refractivity contribution in [2.75, 3.05) is 13.1 Å². The molecule has 1 aromatic carbocycles. The number of benzene rings is 1. The lowest BCUT2D eigenvalue weighted by Crippen LogP contribution is -3.15. The second kappa shape index (κ2) is 3.61. The van der Waals surface area contributed by atoms with E-state index < -0.39 is 0 Å². The maximum atomic E-state index is 10.7. The summed E-state index contributed by atoms with van der Waals surface area (Å²) in [4.78, 5) is 0. The summed E-state index contributed by atoms with van der Waals surface area (Å²) >= 11 is 0. The Morgan fingerprint density at radius 1 is 1.23 bits per heavy atom. The van der Waals surface area contributed by atoms with E-state index in [4.69, 9.17) is 0 Å². The monoisotopic (exact) mass is 173 g/mol. The van der Waals surface area contributed by atoms with Crippen LogP contribution in [0.2, 0.25) is 0 Å². The van der Waals surface area contributed by atoms with Gasteiger partial charge in [0, 0.05) is 5.56 Å². The molecule has 0 saturated carbocycles. The van der Waals surface area contributed by atoms with Gasteiger partial charge in [0.05, 0.1) is 13.1 Å². The molecule has 0 bridgehead atoms. The Morgan fingerprint density at radius 2 is 1.92 bits per heavy atom.